The molecule has 3 rings (SSSR count). The quantitative estimate of drug-likeness (QED) is 0.711. The van der Waals surface area contributed by atoms with Gasteiger partial charge in [-0.15, -0.1) is 0 Å². The average molecular weight is 341 g/mol. The molecule has 0 aliphatic carbocycles. The van der Waals surface area contributed by atoms with E-state index in [1.54, 1.807) is 19.2 Å². The van der Waals surface area contributed by atoms with Crippen molar-refractivity contribution < 1.29 is 13.7 Å². The molecule has 25 heavy (non-hydrogen) atoms. The first-order valence-corrected chi connectivity index (χ1v) is 8.14. The summed E-state index contributed by atoms with van der Waals surface area (Å²) < 4.78 is 23.7. The van der Waals surface area contributed by atoms with E-state index in [9.17, 15) is 4.39 Å². The fourth-order valence-corrected chi connectivity index (χ4v) is 2.57. The van der Waals surface area contributed by atoms with Gasteiger partial charge in [0, 0.05) is 6.42 Å². The normalized spacial score (nSPS) is 12.1. The highest BCUT2D eigenvalue weighted by molar-refractivity contribution is 5.35. The Hall–Kier alpha value is -2.73. The second-order valence-corrected chi connectivity index (χ2v) is 5.60. The lowest BCUT2D eigenvalue weighted by Crippen LogP contribution is -2.22. The van der Waals surface area contributed by atoms with E-state index in [0.717, 1.165) is 23.3 Å². The maximum atomic E-state index is 13.3. The van der Waals surface area contributed by atoms with Crippen molar-refractivity contribution in [3.05, 3.63) is 77.2 Å². The number of hydrogen-bond donors (Lipinski definition) is 1. The molecule has 0 radical (unpaired) electrons. The van der Waals surface area contributed by atoms with E-state index < -0.39 is 0 Å². The van der Waals surface area contributed by atoms with Crippen LogP contribution in [0.1, 0.15) is 35.8 Å². The summed E-state index contributed by atoms with van der Waals surface area (Å²) in [6, 6.07) is 14.1. The summed E-state index contributed by atoms with van der Waals surface area (Å²) in [6.07, 6.45) is 0.726. The maximum absolute atomic E-state index is 13.3. The van der Waals surface area contributed by atoms with Gasteiger partial charge in [-0.25, -0.2) is 4.39 Å². The van der Waals surface area contributed by atoms with Crippen molar-refractivity contribution in [2.75, 3.05) is 7.11 Å². The van der Waals surface area contributed by atoms with Crippen LogP contribution in [0.3, 0.4) is 0 Å². The molecule has 1 aromatic heterocycles. The number of benzene rings is 2. The van der Waals surface area contributed by atoms with Crippen molar-refractivity contribution in [1.82, 2.24) is 15.5 Å². The molecule has 0 bridgehead atoms. The van der Waals surface area contributed by atoms with E-state index in [2.05, 4.69) is 15.5 Å². The monoisotopic (exact) mass is 341 g/mol. The van der Waals surface area contributed by atoms with Crippen molar-refractivity contribution in [2.24, 2.45) is 0 Å². The topological polar surface area (TPSA) is 60.2 Å². The minimum Gasteiger partial charge on any atom is -0.497 e. The minimum atomic E-state index is -0.262. The van der Waals surface area contributed by atoms with Gasteiger partial charge in [-0.2, -0.15) is 4.98 Å². The third-order valence-electron chi connectivity index (χ3n) is 3.94. The zero-order valence-corrected chi connectivity index (χ0v) is 14.2. The van der Waals surface area contributed by atoms with Crippen LogP contribution in [-0.4, -0.2) is 17.3 Å². The molecule has 1 heterocycles. The minimum absolute atomic E-state index is 0.136. The van der Waals surface area contributed by atoms with Crippen LogP contribution in [0.25, 0.3) is 0 Å². The summed E-state index contributed by atoms with van der Waals surface area (Å²) in [5.41, 5.74) is 1.98. The number of halogens is 1. The maximum Gasteiger partial charge on any atom is 0.240 e. The van der Waals surface area contributed by atoms with E-state index in [0.29, 0.717) is 18.3 Å². The molecule has 2 aromatic carbocycles. The summed E-state index contributed by atoms with van der Waals surface area (Å²) in [7, 11) is 1.63. The fourth-order valence-electron chi connectivity index (χ4n) is 2.57. The molecule has 0 unspecified atom stereocenters. The second kappa shape index (κ2) is 7.90. The summed E-state index contributed by atoms with van der Waals surface area (Å²) >= 11 is 0. The number of methoxy groups -OCH3 is 1. The number of rotatable bonds is 7. The van der Waals surface area contributed by atoms with E-state index >= 15 is 0 Å². The molecular weight excluding hydrogens is 321 g/mol. The lowest BCUT2D eigenvalue weighted by Gasteiger charge is -2.19. The van der Waals surface area contributed by atoms with Gasteiger partial charge in [0.2, 0.25) is 5.89 Å². The van der Waals surface area contributed by atoms with Crippen molar-refractivity contribution in [3.8, 4) is 5.75 Å². The van der Waals surface area contributed by atoms with E-state index in [1.165, 1.54) is 12.1 Å². The number of ether oxygens (including phenoxy) is 1. The molecule has 0 aliphatic heterocycles. The smallest absolute Gasteiger partial charge is 0.240 e. The summed E-state index contributed by atoms with van der Waals surface area (Å²) in [5.74, 6) is 1.73. The molecule has 0 saturated heterocycles. The van der Waals surface area contributed by atoms with E-state index in [4.69, 9.17) is 9.26 Å². The van der Waals surface area contributed by atoms with Crippen LogP contribution in [0.15, 0.2) is 53.1 Å². The largest absolute Gasteiger partial charge is 0.497 e. The molecule has 130 valence electrons. The van der Waals surface area contributed by atoms with Crippen LogP contribution in [0.2, 0.25) is 0 Å². The molecule has 6 heteroatoms. The molecule has 1 atom stereocenters. The zero-order valence-electron chi connectivity index (χ0n) is 14.2. The van der Waals surface area contributed by atoms with Crippen LogP contribution >= 0.6 is 0 Å². The lowest BCUT2D eigenvalue weighted by molar-refractivity contribution is 0.358. The number of nitrogens with one attached hydrogen (secondary N) is 1. The first-order chi connectivity index (χ1) is 12.2. The molecule has 0 saturated carbocycles. The van der Waals surface area contributed by atoms with Crippen molar-refractivity contribution in [3.63, 3.8) is 0 Å². The number of aryl methyl sites for hydroxylation is 1. The molecule has 0 aliphatic rings. The molecule has 0 fully saturated rings. The van der Waals surface area contributed by atoms with Crippen LogP contribution in [-0.2, 0) is 13.0 Å². The van der Waals surface area contributed by atoms with Crippen molar-refractivity contribution in [2.45, 2.75) is 25.9 Å². The zero-order chi connectivity index (χ0) is 17.6. The highest BCUT2D eigenvalue weighted by atomic mass is 19.1. The number of hydrogen-bond acceptors (Lipinski definition) is 5. The predicted octanol–water partition coefficient (Wildman–Crippen LogP) is 3.66. The Kier molecular flexibility index (Phi) is 5.40. The SMILES string of the molecule is CCc1noc(CN[C@H](c2ccc(F)cc2)c2ccc(OC)cc2)n1. The van der Waals surface area contributed by atoms with Gasteiger partial charge in [-0.1, -0.05) is 36.3 Å². The van der Waals surface area contributed by atoms with Gasteiger partial charge in [0.1, 0.15) is 11.6 Å². The fraction of sp³-hybridized carbons (Fsp3) is 0.263. The third kappa shape index (κ3) is 4.22. The van der Waals surface area contributed by atoms with E-state index in [-0.39, 0.29) is 11.9 Å². The second-order valence-electron chi connectivity index (χ2n) is 5.60. The summed E-state index contributed by atoms with van der Waals surface area (Å²) in [5, 5.41) is 7.30. The van der Waals surface area contributed by atoms with Crippen LogP contribution < -0.4 is 10.1 Å². The van der Waals surface area contributed by atoms with Gasteiger partial charge in [-0.05, 0) is 35.4 Å². The molecule has 1 N–H and O–H groups in total. The van der Waals surface area contributed by atoms with Gasteiger partial charge in [0.15, 0.2) is 5.82 Å². The summed E-state index contributed by atoms with van der Waals surface area (Å²) in [4.78, 5) is 4.31. The van der Waals surface area contributed by atoms with Crippen molar-refractivity contribution in [1.29, 1.82) is 0 Å². The van der Waals surface area contributed by atoms with E-state index in [1.807, 2.05) is 31.2 Å². The Bertz CT molecular complexity index is 800. The molecular formula is C19H20FN3O2. The first-order valence-electron chi connectivity index (χ1n) is 8.14. The van der Waals surface area contributed by atoms with Crippen LogP contribution in [0, 0.1) is 5.82 Å². The Balaban J connectivity index is 1.83. The lowest BCUT2D eigenvalue weighted by atomic mass is 9.98. The van der Waals surface area contributed by atoms with Gasteiger partial charge in [0.05, 0.1) is 19.7 Å². The molecule has 5 nitrogen and oxygen atoms in total. The Morgan fingerprint density at radius 2 is 1.72 bits per heavy atom. The third-order valence-corrected chi connectivity index (χ3v) is 3.94. The molecule has 0 amide bonds. The van der Waals surface area contributed by atoms with Gasteiger partial charge in [0.25, 0.3) is 0 Å². The van der Waals surface area contributed by atoms with Gasteiger partial charge in [-0.3, -0.25) is 5.32 Å². The molecule has 0 spiro atoms. The average Bonchev–Trinajstić information content (AvgIpc) is 3.12. The highest BCUT2D eigenvalue weighted by Crippen LogP contribution is 2.25. The standard InChI is InChI=1S/C19H20FN3O2/c1-3-17-22-18(25-23-17)12-21-19(13-4-8-15(20)9-5-13)14-6-10-16(24-2)11-7-14/h4-11,19,21H,3,12H2,1-2H3/t19-/m1/s1. The predicted molar refractivity (Wildman–Crippen MR) is 91.8 cm³/mol. The Morgan fingerprint density at radius 1 is 1.08 bits per heavy atom. The molecule has 3 aromatic rings. The first kappa shape index (κ1) is 17.1. The Labute approximate surface area is 145 Å². The summed E-state index contributed by atoms with van der Waals surface area (Å²) in [6.45, 7) is 2.39. The van der Waals surface area contributed by atoms with Crippen molar-refractivity contribution >= 4 is 0 Å². The Morgan fingerprint density at radius 3 is 2.28 bits per heavy atom. The van der Waals surface area contributed by atoms with Gasteiger partial charge < -0.3 is 9.26 Å². The van der Waals surface area contributed by atoms with Crippen LogP contribution in [0.4, 0.5) is 4.39 Å². The number of aromatic nitrogens is 2. The van der Waals surface area contributed by atoms with Crippen LogP contribution in [0.5, 0.6) is 5.75 Å². The van der Waals surface area contributed by atoms with Gasteiger partial charge >= 0.3 is 0 Å². The highest BCUT2D eigenvalue weighted by Gasteiger charge is 2.16. The number of nitrogens with zero attached hydrogens (tertiary/aromatic N) is 2.